The molecule has 2 aromatic carbocycles. The van der Waals surface area contributed by atoms with Crippen molar-refractivity contribution in [3.05, 3.63) is 58.6 Å². The highest BCUT2D eigenvalue weighted by molar-refractivity contribution is 6.34. The van der Waals surface area contributed by atoms with Crippen LogP contribution in [-0.2, 0) is 11.2 Å². The number of carboxylic acid groups (broad SMARTS) is 1. The minimum absolute atomic E-state index is 0.00576. The molecule has 0 saturated heterocycles. The largest absolute Gasteiger partial charge is 0.507 e. The molecule has 0 aliphatic heterocycles. The van der Waals surface area contributed by atoms with Crippen molar-refractivity contribution in [3.63, 3.8) is 0 Å². The zero-order valence-corrected chi connectivity index (χ0v) is 11.6. The van der Waals surface area contributed by atoms with Crippen molar-refractivity contribution in [2.75, 3.05) is 5.32 Å². The smallest absolute Gasteiger partial charge is 0.307 e. The van der Waals surface area contributed by atoms with Crippen molar-refractivity contribution < 1.29 is 19.8 Å². The van der Waals surface area contributed by atoms with Crippen LogP contribution in [0.3, 0.4) is 0 Å². The van der Waals surface area contributed by atoms with Crippen LogP contribution in [0.4, 0.5) is 5.69 Å². The van der Waals surface area contributed by atoms with E-state index < -0.39 is 11.9 Å². The van der Waals surface area contributed by atoms with Crippen LogP contribution in [0.1, 0.15) is 15.9 Å². The summed E-state index contributed by atoms with van der Waals surface area (Å²) in [5, 5.41) is 21.1. The van der Waals surface area contributed by atoms with Crippen LogP contribution in [0.5, 0.6) is 5.75 Å². The number of anilines is 1. The van der Waals surface area contributed by atoms with Crippen LogP contribution in [0.25, 0.3) is 0 Å². The Morgan fingerprint density at radius 3 is 2.33 bits per heavy atom. The van der Waals surface area contributed by atoms with Gasteiger partial charge in [-0.2, -0.15) is 0 Å². The minimum atomic E-state index is -0.923. The molecule has 3 N–H and O–H groups in total. The lowest BCUT2D eigenvalue weighted by Crippen LogP contribution is -2.12. The van der Waals surface area contributed by atoms with Crippen LogP contribution in [0.2, 0.25) is 5.02 Å². The normalized spacial score (nSPS) is 10.1. The number of hydrogen-bond donors (Lipinski definition) is 3. The molecule has 0 aliphatic rings. The summed E-state index contributed by atoms with van der Waals surface area (Å²) in [6, 6.07) is 10.8. The first kappa shape index (κ1) is 14.9. The lowest BCUT2D eigenvalue weighted by Gasteiger charge is -2.08. The summed E-state index contributed by atoms with van der Waals surface area (Å²) in [7, 11) is 0. The summed E-state index contributed by atoms with van der Waals surface area (Å²) in [6.45, 7) is 0. The molecule has 0 atom stereocenters. The van der Waals surface area contributed by atoms with Gasteiger partial charge in [0.15, 0.2) is 0 Å². The highest BCUT2D eigenvalue weighted by Crippen LogP contribution is 2.26. The first-order valence-corrected chi connectivity index (χ1v) is 6.44. The number of aliphatic carboxylic acids is 1. The Morgan fingerprint density at radius 2 is 1.76 bits per heavy atom. The number of benzene rings is 2. The predicted molar refractivity (Wildman–Crippen MR) is 78.9 cm³/mol. The first-order chi connectivity index (χ1) is 9.97. The van der Waals surface area contributed by atoms with Crippen LogP contribution < -0.4 is 5.32 Å². The molecule has 0 fully saturated rings. The molecule has 0 radical (unpaired) electrons. The Kier molecular flexibility index (Phi) is 4.45. The van der Waals surface area contributed by atoms with E-state index in [-0.39, 0.29) is 22.8 Å². The summed E-state index contributed by atoms with van der Waals surface area (Å²) in [6.07, 6.45) is -0.0838. The maximum atomic E-state index is 12.1. The van der Waals surface area contributed by atoms with Gasteiger partial charge in [-0.15, -0.1) is 0 Å². The molecule has 0 aliphatic carbocycles. The number of nitrogens with one attached hydrogen (secondary N) is 1. The molecule has 0 bridgehead atoms. The van der Waals surface area contributed by atoms with E-state index in [9.17, 15) is 14.7 Å². The number of hydrogen-bond acceptors (Lipinski definition) is 3. The number of carbonyl (C=O) groups excluding carboxylic acids is 1. The average Bonchev–Trinajstić information content (AvgIpc) is 2.40. The summed E-state index contributed by atoms with van der Waals surface area (Å²) >= 11 is 5.89. The Bertz CT molecular complexity index is 662. The van der Waals surface area contributed by atoms with Gasteiger partial charge in [0.2, 0.25) is 0 Å². The number of phenols is 1. The van der Waals surface area contributed by atoms with Gasteiger partial charge in [-0.05, 0) is 29.8 Å². The number of phenolic OH excluding ortho intramolecular Hbond substituents is 1. The van der Waals surface area contributed by atoms with E-state index in [4.69, 9.17) is 16.7 Å². The third kappa shape index (κ3) is 3.73. The van der Waals surface area contributed by atoms with Crippen molar-refractivity contribution in [2.24, 2.45) is 0 Å². The van der Waals surface area contributed by atoms with E-state index in [0.717, 1.165) is 0 Å². The molecule has 0 spiro atoms. The zero-order valence-electron chi connectivity index (χ0n) is 10.8. The van der Waals surface area contributed by atoms with Gasteiger partial charge in [0.1, 0.15) is 11.3 Å². The Hall–Kier alpha value is -2.53. The SMILES string of the molecule is O=C(O)Cc1ccc(NC(=O)c2c(O)cccc2Cl)cc1. The van der Waals surface area contributed by atoms with Gasteiger partial charge in [0.05, 0.1) is 11.4 Å². The first-order valence-electron chi connectivity index (χ1n) is 6.07. The molecule has 5 nitrogen and oxygen atoms in total. The number of halogens is 1. The summed E-state index contributed by atoms with van der Waals surface area (Å²) in [5.74, 6) is -1.67. The standard InChI is InChI=1S/C15H12ClNO4/c16-11-2-1-3-12(18)14(11)15(21)17-10-6-4-9(5-7-10)8-13(19)20/h1-7,18H,8H2,(H,17,21)(H,19,20). The van der Waals surface area contributed by atoms with Gasteiger partial charge in [0.25, 0.3) is 5.91 Å². The molecule has 0 saturated carbocycles. The van der Waals surface area contributed by atoms with Gasteiger partial charge >= 0.3 is 5.97 Å². The molecule has 0 heterocycles. The number of aromatic hydroxyl groups is 1. The highest BCUT2D eigenvalue weighted by atomic mass is 35.5. The van der Waals surface area contributed by atoms with Gasteiger partial charge in [-0.25, -0.2) is 0 Å². The van der Waals surface area contributed by atoms with Crippen LogP contribution in [0, 0.1) is 0 Å². The molecule has 2 rings (SSSR count). The second-order valence-corrected chi connectivity index (χ2v) is 4.76. The van der Waals surface area contributed by atoms with Crippen molar-refractivity contribution in [1.82, 2.24) is 0 Å². The molecule has 21 heavy (non-hydrogen) atoms. The van der Waals surface area contributed by atoms with E-state index in [1.54, 1.807) is 24.3 Å². The van der Waals surface area contributed by atoms with Crippen molar-refractivity contribution in [1.29, 1.82) is 0 Å². The third-order valence-corrected chi connectivity index (χ3v) is 3.10. The van der Waals surface area contributed by atoms with Crippen molar-refractivity contribution in [3.8, 4) is 5.75 Å². The number of carboxylic acids is 1. The fourth-order valence-corrected chi connectivity index (χ4v) is 2.07. The molecule has 0 unspecified atom stereocenters. The Balaban J connectivity index is 2.14. The Morgan fingerprint density at radius 1 is 1.10 bits per heavy atom. The molecular formula is C15H12ClNO4. The maximum Gasteiger partial charge on any atom is 0.307 e. The molecule has 108 valence electrons. The Labute approximate surface area is 125 Å². The van der Waals surface area contributed by atoms with Gasteiger partial charge in [-0.3, -0.25) is 9.59 Å². The average molecular weight is 306 g/mol. The van der Waals surface area contributed by atoms with Crippen LogP contribution in [0.15, 0.2) is 42.5 Å². The fourth-order valence-electron chi connectivity index (χ4n) is 1.81. The molecule has 2 aromatic rings. The van der Waals surface area contributed by atoms with E-state index >= 15 is 0 Å². The minimum Gasteiger partial charge on any atom is -0.507 e. The van der Waals surface area contributed by atoms with Gasteiger partial charge < -0.3 is 15.5 Å². The molecule has 0 aromatic heterocycles. The lowest BCUT2D eigenvalue weighted by molar-refractivity contribution is -0.136. The summed E-state index contributed by atoms with van der Waals surface area (Å²) in [5.41, 5.74) is 1.10. The molecular weight excluding hydrogens is 294 g/mol. The molecule has 1 amide bonds. The monoisotopic (exact) mass is 305 g/mol. The molecule has 6 heteroatoms. The van der Waals surface area contributed by atoms with Gasteiger partial charge in [-0.1, -0.05) is 29.8 Å². The van der Waals surface area contributed by atoms with Crippen molar-refractivity contribution >= 4 is 29.2 Å². The number of carbonyl (C=O) groups is 2. The zero-order chi connectivity index (χ0) is 15.4. The fraction of sp³-hybridized carbons (Fsp3) is 0.0667. The van der Waals surface area contributed by atoms with Gasteiger partial charge in [0, 0.05) is 5.69 Å². The quantitative estimate of drug-likeness (QED) is 0.810. The van der Waals surface area contributed by atoms with E-state index in [2.05, 4.69) is 5.32 Å². The number of amides is 1. The number of rotatable bonds is 4. The maximum absolute atomic E-state index is 12.1. The second kappa shape index (κ2) is 6.28. The van der Waals surface area contributed by atoms with E-state index in [1.165, 1.54) is 18.2 Å². The van der Waals surface area contributed by atoms with Crippen LogP contribution >= 0.6 is 11.6 Å². The second-order valence-electron chi connectivity index (χ2n) is 4.36. The predicted octanol–water partition coefficient (Wildman–Crippen LogP) is 2.93. The van der Waals surface area contributed by atoms with E-state index in [0.29, 0.717) is 11.3 Å². The summed E-state index contributed by atoms with van der Waals surface area (Å²) in [4.78, 5) is 22.6. The lowest BCUT2D eigenvalue weighted by atomic mass is 10.1. The topological polar surface area (TPSA) is 86.6 Å². The third-order valence-electron chi connectivity index (χ3n) is 2.79. The highest BCUT2D eigenvalue weighted by Gasteiger charge is 2.15. The van der Waals surface area contributed by atoms with Crippen molar-refractivity contribution in [2.45, 2.75) is 6.42 Å². The van der Waals surface area contributed by atoms with Crippen LogP contribution in [-0.4, -0.2) is 22.1 Å². The van der Waals surface area contributed by atoms with E-state index in [1.807, 2.05) is 0 Å². The summed E-state index contributed by atoms with van der Waals surface area (Å²) < 4.78 is 0.